The Morgan fingerprint density at radius 3 is 2.72 bits per heavy atom. The van der Waals surface area contributed by atoms with E-state index in [9.17, 15) is 9.59 Å². The highest BCUT2D eigenvalue weighted by Gasteiger charge is 2.43. The summed E-state index contributed by atoms with van der Waals surface area (Å²) in [5.74, 6) is -1.51. The standard InChI is InChI=1S/C11H9BrClNO4/c1-11(13)10(17)14(2)7-4-5(12)3-6(9(15)16)8(7)18-11/h3-4H,1-2H3,(H,15,16). The summed E-state index contributed by atoms with van der Waals surface area (Å²) in [6.45, 7) is 1.38. The molecule has 1 aliphatic heterocycles. The van der Waals surface area contributed by atoms with Gasteiger partial charge in [0.05, 0.1) is 5.69 Å². The minimum atomic E-state index is -1.60. The van der Waals surface area contributed by atoms with Gasteiger partial charge < -0.3 is 14.7 Å². The van der Waals surface area contributed by atoms with Gasteiger partial charge in [-0.1, -0.05) is 27.5 Å². The van der Waals surface area contributed by atoms with E-state index in [-0.39, 0.29) is 11.3 Å². The number of carboxylic acids is 1. The van der Waals surface area contributed by atoms with E-state index >= 15 is 0 Å². The van der Waals surface area contributed by atoms with Crippen LogP contribution in [0.25, 0.3) is 0 Å². The van der Waals surface area contributed by atoms with Crippen LogP contribution in [0.2, 0.25) is 0 Å². The number of nitrogens with zero attached hydrogens (tertiary/aromatic N) is 1. The average Bonchev–Trinajstić information content (AvgIpc) is 2.26. The van der Waals surface area contributed by atoms with Gasteiger partial charge in [0.1, 0.15) is 5.56 Å². The molecule has 1 unspecified atom stereocenters. The summed E-state index contributed by atoms with van der Waals surface area (Å²) < 4.78 is 5.86. The molecule has 0 bridgehead atoms. The number of rotatable bonds is 1. The molecule has 18 heavy (non-hydrogen) atoms. The molecular weight excluding hydrogens is 325 g/mol. The summed E-state index contributed by atoms with van der Waals surface area (Å²) >= 11 is 9.14. The van der Waals surface area contributed by atoms with Gasteiger partial charge in [-0.3, -0.25) is 4.79 Å². The number of halogens is 2. The first-order valence-electron chi connectivity index (χ1n) is 4.97. The second kappa shape index (κ2) is 4.13. The van der Waals surface area contributed by atoms with Crippen molar-refractivity contribution in [3.05, 3.63) is 22.2 Å². The highest BCUT2D eigenvalue weighted by molar-refractivity contribution is 9.10. The molecule has 0 aliphatic carbocycles. The van der Waals surface area contributed by atoms with Crippen molar-refractivity contribution >= 4 is 45.1 Å². The van der Waals surface area contributed by atoms with Crippen LogP contribution in [0.3, 0.4) is 0 Å². The third kappa shape index (κ3) is 1.95. The molecular formula is C11H9BrClNO4. The number of amides is 1. The maximum absolute atomic E-state index is 11.9. The van der Waals surface area contributed by atoms with Gasteiger partial charge in [-0.25, -0.2) is 4.79 Å². The van der Waals surface area contributed by atoms with Gasteiger partial charge in [0.15, 0.2) is 5.75 Å². The summed E-state index contributed by atoms with van der Waals surface area (Å²) in [6, 6.07) is 3.00. The van der Waals surface area contributed by atoms with Crippen LogP contribution < -0.4 is 9.64 Å². The van der Waals surface area contributed by atoms with Crippen molar-refractivity contribution in [1.29, 1.82) is 0 Å². The second-order valence-electron chi connectivity index (χ2n) is 3.99. The maximum atomic E-state index is 11.9. The molecule has 0 saturated heterocycles. The third-order valence-electron chi connectivity index (χ3n) is 2.61. The smallest absolute Gasteiger partial charge is 0.339 e. The van der Waals surface area contributed by atoms with Crippen molar-refractivity contribution in [2.75, 3.05) is 11.9 Å². The van der Waals surface area contributed by atoms with E-state index in [1.165, 1.54) is 24.9 Å². The van der Waals surface area contributed by atoms with Crippen molar-refractivity contribution in [2.24, 2.45) is 0 Å². The van der Waals surface area contributed by atoms with Crippen molar-refractivity contribution in [2.45, 2.75) is 12.0 Å². The number of carboxylic acid groups (broad SMARTS) is 1. The topological polar surface area (TPSA) is 66.8 Å². The van der Waals surface area contributed by atoms with E-state index in [4.69, 9.17) is 21.4 Å². The Kier molecular flexibility index (Phi) is 3.03. The lowest BCUT2D eigenvalue weighted by molar-refractivity contribution is -0.127. The lowest BCUT2D eigenvalue weighted by atomic mass is 10.1. The van der Waals surface area contributed by atoms with Gasteiger partial charge in [-0.2, -0.15) is 0 Å². The summed E-state index contributed by atoms with van der Waals surface area (Å²) in [5.41, 5.74) is 0.315. The highest BCUT2D eigenvalue weighted by Crippen LogP contribution is 2.42. The SMILES string of the molecule is CN1C(=O)C(C)(Cl)Oc2c(C(=O)O)cc(Br)cc21. The van der Waals surface area contributed by atoms with E-state index in [2.05, 4.69) is 15.9 Å². The van der Waals surface area contributed by atoms with Crippen molar-refractivity contribution < 1.29 is 19.4 Å². The Morgan fingerprint density at radius 1 is 1.56 bits per heavy atom. The number of ether oxygens (including phenoxy) is 1. The normalized spacial score (nSPS) is 22.4. The van der Waals surface area contributed by atoms with E-state index in [1.54, 1.807) is 6.07 Å². The summed E-state index contributed by atoms with van der Waals surface area (Å²) in [5, 5.41) is 7.54. The Labute approximate surface area is 116 Å². The predicted molar refractivity (Wildman–Crippen MR) is 69.4 cm³/mol. The van der Waals surface area contributed by atoms with Gasteiger partial charge in [0.25, 0.3) is 11.0 Å². The van der Waals surface area contributed by atoms with Gasteiger partial charge in [-0.05, 0) is 19.1 Å². The molecule has 1 atom stereocenters. The summed E-state index contributed by atoms with van der Waals surface area (Å²) in [4.78, 5) is 24.4. The molecule has 0 aromatic heterocycles. The van der Waals surface area contributed by atoms with Gasteiger partial charge >= 0.3 is 5.97 Å². The van der Waals surface area contributed by atoms with Crippen molar-refractivity contribution in [3.63, 3.8) is 0 Å². The molecule has 7 heteroatoms. The quantitative estimate of drug-likeness (QED) is 0.801. The Bertz CT molecular complexity index is 558. The lowest BCUT2D eigenvalue weighted by Crippen LogP contribution is -2.49. The zero-order chi connectivity index (χ0) is 13.7. The average molecular weight is 335 g/mol. The maximum Gasteiger partial charge on any atom is 0.339 e. The lowest BCUT2D eigenvalue weighted by Gasteiger charge is -2.35. The van der Waals surface area contributed by atoms with E-state index in [0.717, 1.165) is 0 Å². The Balaban J connectivity index is 2.71. The van der Waals surface area contributed by atoms with Crippen LogP contribution >= 0.6 is 27.5 Å². The molecule has 1 aliphatic rings. The van der Waals surface area contributed by atoms with E-state index in [1.807, 2.05) is 0 Å². The van der Waals surface area contributed by atoms with Gasteiger partial charge in [0.2, 0.25) is 0 Å². The molecule has 0 radical (unpaired) electrons. The minimum absolute atomic E-state index is 0.0504. The zero-order valence-corrected chi connectivity index (χ0v) is 11.9. The fourth-order valence-electron chi connectivity index (χ4n) is 1.74. The van der Waals surface area contributed by atoms with Gasteiger partial charge in [0, 0.05) is 11.5 Å². The van der Waals surface area contributed by atoms with Crippen LogP contribution in [0.1, 0.15) is 17.3 Å². The molecule has 0 fully saturated rings. The molecule has 1 N–H and O–H groups in total. The number of likely N-dealkylation sites (N-methyl/N-ethyl adjacent to an activating group) is 1. The van der Waals surface area contributed by atoms with Crippen LogP contribution in [0, 0.1) is 0 Å². The number of carbonyl (C=O) groups excluding carboxylic acids is 1. The van der Waals surface area contributed by atoms with Crippen molar-refractivity contribution in [1.82, 2.24) is 0 Å². The van der Waals surface area contributed by atoms with E-state index in [0.29, 0.717) is 10.2 Å². The fourth-order valence-corrected chi connectivity index (χ4v) is 2.39. The Morgan fingerprint density at radius 2 is 2.17 bits per heavy atom. The molecule has 0 saturated carbocycles. The molecule has 1 aromatic rings. The first kappa shape index (κ1) is 13.2. The van der Waals surface area contributed by atoms with Gasteiger partial charge in [-0.15, -0.1) is 0 Å². The number of carbonyl (C=O) groups is 2. The number of hydrogen-bond acceptors (Lipinski definition) is 3. The molecule has 1 aromatic carbocycles. The monoisotopic (exact) mass is 333 g/mol. The van der Waals surface area contributed by atoms with Crippen LogP contribution in [0.4, 0.5) is 5.69 Å². The van der Waals surface area contributed by atoms with Crippen LogP contribution in [0.15, 0.2) is 16.6 Å². The Hall–Kier alpha value is -1.27. The molecule has 1 amide bonds. The van der Waals surface area contributed by atoms with Crippen LogP contribution in [-0.2, 0) is 4.79 Å². The molecule has 0 spiro atoms. The van der Waals surface area contributed by atoms with Crippen LogP contribution in [-0.4, -0.2) is 29.1 Å². The first-order chi connectivity index (χ1) is 8.24. The van der Waals surface area contributed by atoms with E-state index < -0.39 is 16.9 Å². The molecule has 96 valence electrons. The number of benzene rings is 1. The molecule has 2 rings (SSSR count). The molecule has 1 heterocycles. The molecule has 5 nitrogen and oxygen atoms in total. The minimum Gasteiger partial charge on any atom is -0.478 e. The largest absolute Gasteiger partial charge is 0.478 e. The first-order valence-corrected chi connectivity index (χ1v) is 6.14. The fraction of sp³-hybridized carbons (Fsp3) is 0.273. The van der Waals surface area contributed by atoms with Crippen molar-refractivity contribution in [3.8, 4) is 5.75 Å². The second-order valence-corrected chi connectivity index (χ2v) is 5.63. The predicted octanol–water partition coefficient (Wildman–Crippen LogP) is 2.46. The number of anilines is 1. The number of fused-ring (bicyclic) bond motifs is 1. The number of aromatic carboxylic acids is 1. The zero-order valence-electron chi connectivity index (χ0n) is 9.53. The summed E-state index contributed by atoms with van der Waals surface area (Å²) in [7, 11) is 1.52. The number of alkyl halides is 1. The highest BCUT2D eigenvalue weighted by atomic mass is 79.9. The van der Waals surface area contributed by atoms with Crippen LogP contribution in [0.5, 0.6) is 5.75 Å². The number of hydrogen-bond donors (Lipinski definition) is 1. The third-order valence-corrected chi connectivity index (χ3v) is 3.30. The summed E-state index contributed by atoms with van der Waals surface area (Å²) in [6.07, 6.45) is 0.